The molecule has 1 unspecified atom stereocenters. The van der Waals surface area contributed by atoms with Gasteiger partial charge in [-0.3, -0.25) is 4.79 Å². The lowest BCUT2D eigenvalue weighted by molar-refractivity contribution is 0.0937. The van der Waals surface area contributed by atoms with Crippen molar-refractivity contribution in [2.75, 3.05) is 27.7 Å². The molecule has 1 aromatic carbocycles. The molecule has 0 saturated carbocycles. The molecule has 1 atom stereocenters. The topological polar surface area (TPSA) is 57.4 Å². The SMILES string of the molecule is COc1cccc(C(CNC(=O)c2cc(Br)c[nH]2)N(C)C)c1. The van der Waals surface area contributed by atoms with Crippen molar-refractivity contribution in [3.63, 3.8) is 0 Å². The summed E-state index contributed by atoms with van der Waals surface area (Å²) in [5.74, 6) is 0.685. The average molecular weight is 366 g/mol. The Balaban J connectivity index is 2.07. The number of likely N-dealkylation sites (N-methyl/N-ethyl adjacent to an activating group) is 1. The zero-order valence-electron chi connectivity index (χ0n) is 12.9. The summed E-state index contributed by atoms with van der Waals surface area (Å²) in [5, 5.41) is 2.96. The van der Waals surface area contributed by atoms with Crippen LogP contribution in [-0.4, -0.2) is 43.5 Å². The van der Waals surface area contributed by atoms with Crippen molar-refractivity contribution in [1.29, 1.82) is 0 Å². The van der Waals surface area contributed by atoms with E-state index in [0.717, 1.165) is 15.8 Å². The molecular weight excluding hydrogens is 346 g/mol. The highest BCUT2D eigenvalue weighted by molar-refractivity contribution is 9.10. The summed E-state index contributed by atoms with van der Waals surface area (Å²) >= 11 is 3.32. The van der Waals surface area contributed by atoms with Crippen LogP contribution in [0.5, 0.6) is 5.75 Å². The molecule has 1 heterocycles. The van der Waals surface area contributed by atoms with Crippen LogP contribution in [0.1, 0.15) is 22.1 Å². The predicted octanol–water partition coefficient (Wildman–Crippen LogP) is 2.82. The summed E-state index contributed by atoms with van der Waals surface area (Å²) in [5.41, 5.74) is 1.63. The molecule has 2 rings (SSSR count). The van der Waals surface area contributed by atoms with Crippen LogP contribution in [0.25, 0.3) is 0 Å². The molecule has 0 fully saturated rings. The Bertz CT molecular complexity index is 640. The van der Waals surface area contributed by atoms with Crippen LogP contribution in [0.15, 0.2) is 41.0 Å². The standard InChI is InChI=1S/C16H20BrN3O2/c1-20(2)15(11-5-4-6-13(7-11)22-3)10-19-16(21)14-8-12(17)9-18-14/h4-9,15,18H,10H2,1-3H3,(H,19,21). The number of aromatic nitrogens is 1. The van der Waals surface area contributed by atoms with Crippen LogP contribution in [0, 0.1) is 0 Å². The van der Waals surface area contributed by atoms with E-state index in [0.29, 0.717) is 12.2 Å². The van der Waals surface area contributed by atoms with Crippen molar-refractivity contribution in [2.45, 2.75) is 6.04 Å². The van der Waals surface area contributed by atoms with Gasteiger partial charge in [0, 0.05) is 17.2 Å². The number of nitrogens with one attached hydrogen (secondary N) is 2. The molecule has 0 saturated heterocycles. The number of amides is 1. The highest BCUT2D eigenvalue weighted by Gasteiger charge is 2.17. The molecule has 0 aliphatic heterocycles. The first-order valence-corrected chi connectivity index (χ1v) is 7.73. The second-order valence-electron chi connectivity index (χ2n) is 5.20. The van der Waals surface area contributed by atoms with Gasteiger partial charge in [-0.05, 0) is 53.8 Å². The maximum Gasteiger partial charge on any atom is 0.267 e. The lowest BCUT2D eigenvalue weighted by Gasteiger charge is -2.25. The third kappa shape index (κ3) is 4.11. The van der Waals surface area contributed by atoms with E-state index in [1.807, 2.05) is 38.4 Å². The van der Waals surface area contributed by atoms with Crippen molar-refractivity contribution in [3.05, 3.63) is 52.3 Å². The number of hydrogen-bond donors (Lipinski definition) is 2. The van der Waals surface area contributed by atoms with Gasteiger partial charge in [-0.25, -0.2) is 0 Å². The largest absolute Gasteiger partial charge is 0.497 e. The van der Waals surface area contributed by atoms with Gasteiger partial charge in [0.2, 0.25) is 0 Å². The summed E-state index contributed by atoms with van der Waals surface area (Å²) in [4.78, 5) is 17.1. The number of hydrogen-bond acceptors (Lipinski definition) is 3. The zero-order chi connectivity index (χ0) is 16.1. The van der Waals surface area contributed by atoms with Gasteiger partial charge in [0.1, 0.15) is 11.4 Å². The Hall–Kier alpha value is -1.79. The molecule has 0 bridgehead atoms. The summed E-state index contributed by atoms with van der Waals surface area (Å²) in [6, 6.07) is 9.70. The highest BCUT2D eigenvalue weighted by Crippen LogP contribution is 2.22. The number of benzene rings is 1. The minimum absolute atomic E-state index is 0.0671. The van der Waals surface area contributed by atoms with E-state index in [1.54, 1.807) is 19.4 Å². The molecule has 2 N–H and O–H groups in total. The monoisotopic (exact) mass is 365 g/mol. The lowest BCUT2D eigenvalue weighted by atomic mass is 10.1. The number of halogens is 1. The number of ether oxygens (including phenoxy) is 1. The van der Waals surface area contributed by atoms with E-state index < -0.39 is 0 Å². The van der Waals surface area contributed by atoms with Crippen molar-refractivity contribution in [1.82, 2.24) is 15.2 Å². The summed E-state index contributed by atoms with van der Waals surface area (Å²) < 4.78 is 6.12. The van der Waals surface area contributed by atoms with Gasteiger partial charge in [-0.1, -0.05) is 12.1 Å². The maximum atomic E-state index is 12.1. The fraction of sp³-hybridized carbons (Fsp3) is 0.312. The Morgan fingerprint density at radius 3 is 2.77 bits per heavy atom. The molecular formula is C16H20BrN3O2. The average Bonchev–Trinajstić information content (AvgIpc) is 2.94. The molecule has 118 valence electrons. The van der Waals surface area contributed by atoms with E-state index in [1.165, 1.54) is 0 Å². The van der Waals surface area contributed by atoms with E-state index in [2.05, 4.69) is 31.1 Å². The summed E-state index contributed by atoms with van der Waals surface area (Å²) in [6.07, 6.45) is 1.74. The molecule has 2 aromatic rings. The Morgan fingerprint density at radius 2 is 2.18 bits per heavy atom. The lowest BCUT2D eigenvalue weighted by Crippen LogP contribution is -2.34. The smallest absolute Gasteiger partial charge is 0.267 e. The number of rotatable bonds is 6. The molecule has 5 nitrogen and oxygen atoms in total. The second-order valence-corrected chi connectivity index (χ2v) is 6.11. The number of carbonyl (C=O) groups excluding carboxylic acids is 1. The minimum Gasteiger partial charge on any atom is -0.497 e. The first-order valence-electron chi connectivity index (χ1n) is 6.93. The Kier molecular flexibility index (Phi) is 5.63. The quantitative estimate of drug-likeness (QED) is 0.827. The Labute approximate surface area is 138 Å². The molecule has 0 spiro atoms. The Morgan fingerprint density at radius 1 is 1.41 bits per heavy atom. The maximum absolute atomic E-state index is 12.1. The fourth-order valence-corrected chi connectivity index (χ4v) is 2.57. The normalized spacial score (nSPS) is 12.2. The van der Waals surface area contributed by atoms with Crippen LogP contribution < -0.4 is 10.1 Å². The van der Waals surface area contributed by atoms with Crippen LogP contribution in [0.4, 0.5) is 0 Å². The summed E-state index contributed by atoms with van der Waals surface area (Å²) in [6.45, 7) is 0.510. The van der Waals surface area contributed by atoms with Gasteiger partial charge < -0.3 is 19.9 Å². The first kappa shape index (κ1) is 16.6. The van der Waals surface area contributed by atoms with E-state index in [9.17, 15) is 4.79 Å². The number of nitrogens with zero attached hydrogens (tertiary/aromatic N) is 1. The van der Waals surface area contributed by atoms with Crippen LogP contribution in [0.3, 0.4) is 0 Å². The van der Waals surface area contributed by atoms with Gasteiger partial charge in [-0.2, -0.15) is 0 Å². The molecule has 0 aliphatic carbocycles. The molecule has 0 aliphatic rings. The minimum atomic E-state index is -0.125. The summed E-state index contributed by atoms with van der Waals surface area (Å²) in [7, 11) is 5.62. The number of carbonyl (C=O) groups is 1. The molecule has 22 heavy (non-hydrogen) atoms. The highest BCUT2D eigenvalue weighted by atomic mass is 79.9. The van der Waals surface area contributed by atoms with Gasteiger partial charge in [-0.15, -0.1) is 0 Å². The van der Waals surface area contributed by atoms with Crippen molar-refractivity contribution < 1.29 is 9.53 Å². The van der Waals surface area contributed by atoms with Crippen LogP contribution in [0.2, 0.25) is 0 Å². The third-order valence-electron chi connectivity index (χ3n) is 3.45. The number of aromatic amines is 1. The van der Waals surface area contributed by atoms with Gasteiger partial charge in [0.15, 0.2) is 0 Å². The van der Waals surface area contributed by atoms with Gasteiger partial charge in [0.05, 0.1) is 13.2 Å². The first-order chi connectivity index (χ1) is 10.5. The molecule has 0 radical (unpaired) electrons. The molecule has 1 aromatic heterocycles. The second kappa shape index (κ2) is 7.47. The van der Waals surface area contributed by atoms with Crippen molar-refractivity contribution in [2.24, 2.45) is 0 Å². The van der Waals surface area contributed by atoms with Crippen molar-refractivity contribution in [3.8, 4) is 5.75 Å². The number of H-pyrrole nitrogens is 1. The van der Waals surface area contributed by atoms with Crippen LogP contribution in [-0.2, 0) is 0 Å². The zero-order valence-corrected chi connectivity index (χ0v) is 14.5. The third-order valence-corrected chi connectivity index (χ3v) is 3.91. The predicted molar refractivity (Wildman–Crippen MR) is 90.2 cm³/mol. The molecule has 1 amide bonds. The van der Waals surface area contributed by atoms with Crippen molar-refractivity contribution >= 4 is 21.8 Å². The fourth-order valence-electron chi connectivity index (χ4n) is 2.23. The van der Waals surface area contributed by atoms with E-state index in [-0.39, 0.29) is 11.9 Å². The van der Waals surface area contributed by atoms with E-state index in [4.69, 9.17) is 4.74 Å². The molecule has 6 heteroatoms. The van der Waals surface area contributed by atoms with Crippen LogP contribution >= 0.6 is 15.9 Å². The number of methoxy groups -OCH3 is 1. The van der Waals surface area contributed by atoms with Gasteiger partial charge >= 0.3 is 0 Å². The van der Waals surface area contributed by atoms with Gasteiger partial charge in [0.25, 0.3) is 5.91 Å². The van der Waals surface area contributed by atoms with E-state index >= 15 is 0 Å².